The molecule has 788 valence electrons. The van der Waals surface area contributed by atoms with Crippen molar-refractivity contribution in [1.29, 1.82) is 0 Å². The molecule has 8 unspecified atom stereocenters. The molecule has 0 spiro atoms. The number of benzene rings is 8. The molecule has 26 heteroatoms. The molecular formula is C120H148F8O14S4+4. The molecule has 18 fully saturated rings. The maximum atomic E-state index is 12.8. The van der Waals surface area contributed by atoms with Crippen molar-refractivity contribution in [3.05, 3.63) is 242 Å². The van der Waals surface area contributed by atoms with Crippen LogP contribution in [0.1, 0.15) is 222 Å². The summed E-state index contributed by atoms with van der Waals surface area (Å²) < 4.78 is 132. The van der Waals surface area contributed by atoms with Crippen molar-refractivity contribution in [2.75, 3.05) is 75.9 Å². The number of ketones is 2. The van der Waals surface area contributed by atoms with Gasteiger partial charge in [-0.3, -0.25) is 28.8 Å². The van der Waals surface area contributed by atoms with Crippen LogP contribution in [0, 0.1) is 80.8 Å². The first-order chi connectivity index (χ1) is 69.0. The zero-order valence-corrected chi connectivity index (χ0v) is 89.5. The van der Waals surface area contributed by atoms with E-state index in [2.05, 4.69) is 272 Å². The standard InChI is InChI=1S/2C18H15S.2C14H20F2O3.2C14H18F2O3.2C14H21OS/c2*1-4-10-16(11-5-1)19(17-12-6-2-7-13-17)18-14-8-3-9-15-18;2*1-12(15,16)8-19-11(17)13-3-9-2-10(4-13)6-14(18,5-9)7-13;2*1-13(15,16)7-19-12(18)14-4-8-2-9(5-14)11(17)10(3-8)6-14;2*1-14(2,3)12-4-6-13(7-5-12)16-10-8-15-9-11-16/h2*1-15H;2*9-10,18H,2-8H2,1H3;2*8-10H,2-7H2,1H3;2*4-7H,8-11H2,1-3H3/q2*+1;;;;;2*+1. The van der Waals surface area contributed by atoms with E-state index in [0.717, 1.165) is 118 Å². The molecule has 16 saturated carbocycles. The smallest absolute Gasteiger partial charge is 0.312 e. The number of hydrogen-bond acceptors (Lipinski definition) is 14. The van der Waals surface area contributed by atoms with Crippen LogP contribution in [-0.2, 0) is 112 Å². The first-order valence-electron chi connectivity index (χ1n) is 52.3. The number of Topliss-reactive ketones (excluding diaryl/α,β-unsaturated/α-hetero) is 2. The first kappa shape index (κ1) is 112. The van der Waals surface area contributed by atoms with Crippen molar-refractivity contribution in [2.24, 2.45) is 80.8 Å². The Labute approximate surface area is 869 Å². The third-order valence-corrected chi connectivity index (χ3v) is 40.5. The van der Waals surface area contributed by atoms with Gasteiger partial charge in [0.1, 0.15) is 34.6 Å². The maximum Gasteiger partial charge on any atom is 0.312 e. The Bertz CT molecular complexity index is 5030. The predicted molar refractivity (Wildman–Crippen MR) is 558 cm³/mol. The fraction of sp³-hybridized carbons (Fsp3) is 0.550. The van der Waals surface area contributed by atoms with Crippen LogP contribution in [0.15, 0.2) is 270 Å². The largest absolute Gasteiger partial charge is 0.459 e. The van der Waals surface area contributed by atoms with Gasteiger partial charge in [0.2, 0.25) is 0 Å². The van der Waals surface area contributed by atoms with Crippen LogP contribution in [-0.4, -0.2) is 156 Å². The Balaban J connectivity index is 0.000000125. The van der Waals surface area contributed by atoms with Gasteiger partial charge in [0.25, 0.3) is 23.7 Å². The Hall–Kier alpha value is -8.34. The monoisotopic (exact) mass is 2090 g/mol. The average molecular weight is 2090 g/mol. The molecule has 8 aromatic rings. The van der Waals surface area contributed by atoms with E-state index in [1.165, 1.54) is 73.3 Å². The second-order valence-corrected chi connectivity index (χ2v) is 55.2. The number of ether oxygens (including phenoxy) is 6. The van der Waals surface area contributed by atoms with Gasteiger partial charge < -0.3 is 38.6 Å². The molecule has 0 radical (unpaired) electrons. The highest BCUT2D eigenvalue weighted by Gasteiger charge is 2.65. The van der Waals surface area contributed by atoms with Gasteiger partial charge in [0.15, 0.2) is 65.6 Å². The number of esters is 4. The Morgan fingerprint density at radius 1 is 0.301 bits per heavy atom. The topological polar surface area (TPSA) is 198 Å². The first-order valence-corrected chi connectivity index (χ1v) is 57.8. The number of rotatable bonds is 20. The van der Waals surface area contributed by atoms with Crippen molar-refractivity contribution in [3.8, 4) is 0 Å². The van der Waals surface area contributed by atoms with Gasteiger partial charge in [-0.2, -0.15) is 0 Å². The number of carbonyl (C=O) groups excluding carboxylic acids is 6. The minimum atomic E-state index is -2.99. The van der Waals surface area contributed by atoms with Gasteiger partial charge in [-0.15, -0.1) is 0 Å². The van der Waals surface area contributed by atoms with E-state index in [1.807, 2.05) is 0 Å². The van der Waals surface area contributed by atoms with E-state index >= 15 is 0 Å². The molecule has 2 N–H and O–H groups in total. The molecule has 14 nitrogen and oxygen atoms in total. The number of hydrogen-bond donors (Lipinski definition) is 2. The second kappa shape index (κ2) is 46.9. The van der Waals surface area contributed by atoms with Crippen LogP contribution in [0.2, 0.25) is 0 Å². The van der Waals surface area contributed by atoms with Crippen molar-refractivity contribution in [2.45, 2.75) is 295 Å². The molecule has 18 aliphatic rings. The second-order valence-electron chi connectivity index (χ2n) is 46.6. The minimum absolute atomic E-state index is 0.0146. The van der Waals surface area contributed by atoms with E-state index in [1.54, 1.807) is 0 Å². The number of aliphatic hydroxyl groups is 2. The summed E-state index contributed by atoms with van der Waals surface area (Å²) in [6, 6.07) is 82.7. The Kier molecular flexibility index (Phi) is 35.9. The highest BCUT2D eigenvalue weighted by molar-refractivity contribution is 7.98. The van der Waals surface area contributed by atoms with Crippen molar-refractivity contribution >= 4 is 79.0 Å². The Morgan fingerprint density at radius 3 is 0.719 bits per heavy atom. The number of alkyl halides is 8. The molecule has 26 rings (SSSR count). The lowest BCUT2D eigenvalue weighted by molar-refractivity contribution is -0.201. The molecule has 16 bridgehead atoms. The van der Waals surface area contributed by atoms with E-state index in [0.29, 0.717) is 134 Å². The lowest BCUT2D eigenvalue weighted by Crippen LogP contribution is -2.58. The quantitative estimate of drug-likeness (QED) is 0.0316. The molecule has 8 aromatic carbocycles. The van der Waals surface area contributed by atoms with Gasteiger partial charge in [-0.1, -0.05) is 175 Å². The van der Waals surface area contributed by atoms with E-state index in [-0.39, 0.29) is 67.9 Å². The van der Waals surface area contributed by atoms with E-state index in [9.17, 15) is 74.1 Å². The van der Waals surface area contributed by atoms with Crippen LogP contribution in [0.5, 0.6) is 0 Å². The van der Waals surface area contributed by atoms with E-state index in [4.69, 9.17) is 28.4 Å². The fourth-order valence-corrected chi connectivity index (χ4v) is 34.1. The SMILES string of the molecule is CC(C)(C)c1ccc([S+]2CCOCC2)cc1.CC(C)(C)c1ccc([S+]2CCOCC2)cc1.CC(F)(F)COC(=O)C12CC3CC(C1)C(=O)C(C3)C2.CC(F)(F)COC(=O)C12CC3CC(C1)C(=O)C(C3)C2.CC(F)(F)COC(=O)C12CC3CC(CC(O)(C3)C1)C2.CC(F)(F)COC(=O)C12CC3CC(CC(O)(C3)C1)C2.c1ccc([S+](c2ccccc2)c2ccccc2)cc1.c1ccc([S+](c2ccccc2)c2ccccc2)cc1. The predicted octanol–water partition coefficient (Wildman–Crippen LogP) is 25.7. The molecule has 16 aliphatic carbocycles. The lowest BCUT2D eigenvalue weighted by atomic mass is 9.48. The molecule has 146 heavy (non-hydrogen) atoms. The lowest BCUT2D eigenvalue weighted by Gasteiger charge is -2.58. The van der Waals surface area contributed by atoms with Crippen LogP contribution >= 0.6 is 0 Å². The number of halogens is 8. The van der Waals surface area contributed by atoms with Crippen molar-refractivity contribution < 1.29 is 103 Å². The van der Waals surface area contributed by atoms with Gasteiger partial charge in [0.05, 0.1) is 81.1 Å². The molecule has 0 amide bonds. The third kappa shape index (κ3) is 29.3. The zero-order chi connectivity index (χ0) is 104. The summed E-state index contributed by atoms with van der Waals surface area (Å²) in [7, 11) is 0.835. The molecule has 8 atom stereocenters. The summed E-state index contributed by atoms with van der Waals surface area (Å²) in [6.07, 6.45) is 15.6. The summed E-state index contributed by atoms with van der Waals surface area (Å²) in [5, 5.41) is 21.0. The van der Waals surface area contributed by atoms with Crippen LogP contribution in [0.3, 0.4) is 0 Å². The van der Waals surface area contributed by atoms with Crippen molar-refractivity contribution in [1.82, 2.24) is 0 Å². The van der Waals surface area contributed by atoms with E-state index < -0.39 is 107 Å². The van der Waals surface area contributed by atoms with Gasteiger partial charge in [-0.05, 0) is 296 Å². The van der Waals surface area contributed by atoms with Gasteiger partial charge in [-0.25, -0.2) is 35.1 Å². The normalized spacial score (nSPS) is 29.0. The summed E-state index contributed by atoms with van der Waals surface area (Å²) in [5.74, 6) is -6.66. The Morgan fingerprint density at radius 2 is 0.514 bits per heavy atom. The van der Waals surface area contributed by atoms with Gasteiger partial charge >= 0.3 is 23.9 Å². The molecule has 2 aliphatic heterocycles. The zero-order valence-electron chi connectivity index (χ0n) is 86.2. The number of carbonyl (C=O) groups is 6. The highest BCUT2D eigenvalue weighted by atomic mass is 32.2. The summed E-state index contributed by atoms with van der Waals surface area (Å²) >= 11 is 0. The van der Waals surface area contributed by atoms with Crippen LogP contribution in [0.4, 0.5) is 35.1 Å². The average Bonchev–Trinajstić information content (AvgIpc) is 0.601. The summed E-state index contributed by atoms with van der Waals surface area (Å²) in [4.78, 5) is 84.0. The van der Waals surface area contributed by atoms with Crippen molar-refractivity contribution in [3.63, 3.8) is 0 Å². The minimum Gasteiger partial charge on any atom is -0.459 e. The summed E-state index contributed by atoms with van der Waals surface area (Å²) in [6.45, 7) is 16.8. The molecule has 0 aromatic heterocycles. The summed E-state index contributed by atoms with van der Waals surface area (Å²) in [5.41, 5.74) is -0.884. The molecule has 2 saturated heterocycles. The fourth-order valence-electron chi connectivity index (χ4n) is 26.2. The van der Waals surface area contributed by atoms with Crippen LogP contribution in [0.25, 0.3) is 0 Å². The maximum absolute atomic E-state index is 12.8. The van der Waals surface area contributed by atoms with Gasteiger partial charge in [0, 0.05) is 73.2 Å². The molecular weight excluding hydrogens is 1950 g/mol. The molecule has 2 heterocycles. The third-order valence-electron chi connectivity index (χ3n) is 31.5. The van der Waals surface area contributed by atoms with Crippen LogP contribution < -0.4 is 0 Å². The highest BCUT2D eigenvalue weighted by Crippen LogP contribution is 2.65.